The highest BCUT2D eigenvalue weighted by Gasteiger charge is 2.31. The Hall–Kier alpha value is -2.67. The highest BCUT2D eigenvalue weighted by atomic mass is 32.1. The van der Waals surface area contributed by atoms with E-state index in [0.717, 1.165) is 43.5 Å². The first-order valence-electron chi connectivity index (χ1n) is 11.6. The van der Waals surface area contributed by atoms with Crippen molar-refractivity contribution in [1.82, 2.24) is 9.80 Å². The molecule has 2 aromatic carbocycles. The number of thiophene rings is 1. The molecule has 4 rings (SSSR count). The molecule has 1 fully saturated rings. The van der Waals surface area contributed by atoms with Gasteiger partial charge < -0.3 is 15.0 Å². The van der Waals surface area contributed by atoms with Crippen LogP contribution in [0.4, 0.5) is 5.00 Å². The summed E-state index contributed by atoms with van der Waals surface area (Å²) in [4.78, 5) is 19.3. The molecule has 0 aliphatic carbocycles. The van der Waals surface area contributed by atoms with E-state index in [9.17, 15) is 4.79 Å². The minimum atomic E-state index is -0.0672. The Balaban J connectivity index is 1.73. The molecule has 1 unspecified atom stereocenters. The number of carbonyl (C=O) groups is 1. The van der Waals surface area contributed by atoms with Gasteiger partial charge in [0.15, 0.2) is 0 Å². The van der Waals surface area contributed by atoms with Crippen molar-refractivity contribution in [2.24, 2.45) is 0 Å². The number of aryl methyl sites for hydroxylation is 1. The van der Waals surface area contributed by atoms with E-state index in [-0.39, 0.29) is 11.9 Å². The van der Waals surface area contributed by atoms with Crippen molar-refractivity contribution in [2.75, 3.05) is 45.2 Å². The second kappa shape index (κ2) is 10.5. The van der Waals surface area contributed by atoms with E-state index >= 15 is 0 Å². The number of nitrogens with one attached hydrogen (secondary N) is 1. The zero-order valence-corrected chi connectivity index (χ0v) is 20.7. The van der Waals surface area contributed by atoms with Crippen LogP contribution >= 0.6 is 11.3 Å². The number of carbonyl (C=O) groups excluding carboxylic acids is 1. The van der Waals surface area contributed by atoms with Gasteiger partial charge in [0.25, 0.3) is 5.91 Å². The maximum Gasteiger partial charge on any atom is 0.256 e. The number of ether oxygens (including phenoxy) is 1. The average molecular weight is 464 g/mol. The smallest absolute Gasteiger partial charge is 0.256 e. The summed E-state index contributed by atoms with van der Waals surface area (Å²) < 4.78 is 5.41. The van der Waals surface area contributed by atoms with E-state index in [0.29, 0.717) is 5.56 Å². The maximum absolute atomic E-state index is 13.0. The Morgan fingerprint density at radius 3 is 2.30 bits per heavy atom. The Morgan fingerprint density at radius 1 is 1.03 bits per heavy atom. The van der Waals surface area contributed by atoms with Gasteiger partial charge in [-0.2, -0.15) is 0 Å². The topological polar surface area (TPSA) is 44.8 Å². The van der Waals surface area contributed by atoms with Gasteiger partial charge in [-0.05, 0) is 55.8 Å². The van der Waals surface area contributed by atoms with Gasteiger partial charge in [0.05, 0.1) is 13.2 Å². The second-order valence-electron chi connectivity index (χ2n) is 8.49. The van der Waals surface area contributed by atoms with E-state index in [1.807, 2.05) is 42.5 Å². The zero-order chi connectivity index (χ0) is 23.4. The highest BCUT2D eigenvalue weighted by molar-refractivity contribution is 7.16. The number of anilines is 1. The van der Waals surface area contributed by atoms with Gasteiger partial charge in [-0.1, -0.05) is 37.3 Å². The van der Waals surface area contributed by atoms with Crippen molar-refractivity contribution in [3.63, 3.8) is 0 Å². The summed E-state index contributed by atoms with van der Waals surface area (Å²) in [6.07, 6.45) is 0. The lowest BCUT2D eigenvalue weighted by Gasteiger charge is -2.39. The van der Waals surface area contributed by atoms with Crippen LogP contribution in [-0.2, 0) is 0 Å². The van der Waals surface area contributed by atoms with Crippen LogP contribution in [0.15, 0.2) is 54.6 Å². The molecule has 0 radical (unpaired) electrons. The minimum absolute atomic E-state index is 0.0672. The zero-order valence-electron chi connectivity index (χ0n) is 19.9. The Bertz CT molecular complexity index is 1070. The molecule has 5 nitrogen and oxygen atoms in total. The Morgan fingerprint density at radius 2 is 1.70 bits per heavy atom. The molecule has 1 N–H and O–H groups in total. The van der Waals surface area contributed by atoms with Crippen LogP contribution in [0.5, 0.6) is 5.75 Å². The van der Waals surface area contributed by atoms with Gasteiger partial charge in [0, 0.05) is 42.2 Å². The number of hydrogen-bond donors (Lipinski definition) is 1. The van der Waals surface area contributed by atoms with Crippen molar-refractivity contribution in [3.05, 3.63) is 81.7 Å². The lowest BCUT2D eigenvalue weighted by molar-refractivity contribution is 0.102. The number of piperazine rings is 1. The van der Waals surface area contributed by atoms with Crippen LogP contribution in [0, 0.1) is 13.8 Å². The van der Waals surface area contributed by atoms with Crippen LogP contribution in [0.3, 0.4) is 0 Å². The van der Waals surface area contributed by atoms with Crippen LogP contribution in [-0.4, -0.2) is 55.5 Å². The van der Waals surface area contributed by atoms with Crippen LogP contribution < -0.4 is 10.1 Å². The molecule has 1 aliphatic rings. The normalized spacial score (nSPS) is 15.9. The first kappa shape index (κ1) is 23.5. The van der Waals surface area contributed by atoms with Crippen molar-refractivity contribution in [2.45, 2.75) is 26.8 Å². The molecule has 174 valence electrons. The molecule has 1 amide bonds. The standard InChI is InChI=1S/C27H33N3O2S/c1-5-29-15-17-30(18-16-29)25(21-11-13-23(32-4)14-12-21)24-19(2)20(3)33-27(24)28-26(31)22-9-7-6-8-10-22/h6-14,25H,5,15-18H2,1-4H3,(H,28,31). The third-order valence-corrected chi connectivity index (χ3v) is 7.76. The summed E-state index contributed by atoms with van der Waals surface area (Å²) >= 11 is 1.67. The summed E-state index contributed by atoms with van der Waals surface area (Å²) in [5.74, 6) is 0.784. The predicted octanol–water partition coefficient (Wildman–Crippen LogP) is 5.35. The molecule has 0 saturated carbocycles. The third kappa shape index (κ3) is 5.13. The van der Waals surface area contributed by atoms with Gasteiger partial charge in [0.2, 0.25) is 0 Å². The molecule has 0 spiro atoms. The summed E-state index contributed by atoms with van der Waals surface area (Å²) in [5, 5.41) is 4.18. The Labute approximate surface area is 201 Å². The van der Waals surface area contributed by atoms with Gasteiger partial charge in [-0.3, -0.25) is 9.69 Å². The molecule has 1 aliphatic heterocycles. The van der Waals surface area contributed by atoms with E-state index < -0.39 is 0 Å². The first-order valence-corrected chi connectivity index (χ1v) is 12.4. The summed E-state index contributed by atoms with van der Waals surface area (Å²) in [6, 6.07) is 17.9. The molecular formula is C27H33N3O2S. The van der Waals surface area contributed by atoms with E-state index in [2.05, 4.69) is 48.0 Å². The van der Waals surface area contributed by atoms with Crippen LogP contribution in [0.25, 0.3) is 0 Å². The van der Waals surface area contributed by atoms with Crippen molar-refractivity contribution >= 4 is 22.2 Å². The Kier molecular flexibility index (Phi) is 7.48. The molecule has 3 aromatic rings. The minimum Gasteiger partial charge on any atom is -0.497 e. The fourth-order valence-corrected chi connectivity index (χ4v) is 5.60. The molecule has 6 heteroatoms. The third-order valence-electron chi connectivity index (χ3n) is 6.62. The number of benzene rings is 2. The summed E-state index contributed by atoms with van der Waals surface area (Å²) in [6.45, 7) is 11.7. The number of amides is 1. The fourth-order valence-electron chi connectivity index (χ4n) is 4.52. The molecule has 2 heterocycles. The second-order valence-corrected chi connectivity index (χ2v) is 9.72. The lowest BCUT2D eigenvalue weighted by Crippen LogP contribution is -2.47. The predicted molar refractivity (Wildman–Crippen MR) is 137 cm³/mol. The molecule has 1 saturated heterocycles. The van der Waals surface area contributed by atoms with Gasteiger partial charge >= 0.3 is 0 Å². The average Bonchev–Trinajstić information content (AvgIpc) is 3.13. The van der Waals surface area contributed by atoms with E-state index in [1.54, 1.807) is 18.4 Å². The molecular weight excluding hydrogens is 430 g/mol. The fraction of sp³-hybridized carbons (Fsp3) is 0.370. The van der Waals surface area contributed by atoms with E-state index in [4.69, 9.17) is 4.74 Å². The van der Waals surface area contributed by atoms with Crippen LogP contribution in [0.1, 0.15) is 44.9 Å². The number of nitrogens with zero attached hydrogens (tertiary/aromatic N) is 2. The van der Waals surface area contributed by atoms with Crippen molar-refractivity contribution in [1.29, 1.82) is 0 Å². The molecule has 1 atom stereocenters. The van der Waals surface area contributed by atoms with Crippen molar-refractivity contribution < 1.29 is 9.53 Å². The highest BCUT2D eigenvalue weighted by Crippen LogP contribution is 2.43. The lowest BCUT2D eigenvalue weighted by atomic mass is 9.94. The number of rotatable bonds is 7. The quantitative estimate of drug-likeness (QED) is 0.513. The first-order chi connectivity index (χ1) is 16.0. The number of likely N-dealkylation sites (N-methyl/N-ethyl adjacent to an activating group) is 1. The summed E-state index contributed by atoms with van der Waals surface area (Å²) in [5.41, 5.74) is 4.35. The summed E-state index contributed by atoms with van der Waals surface area (Å²) in [7, 11) is 1.69. The molecule has 0 bridgehead atoms. The van der Waals surface area contributed by atoms with Crippen LogP contribution in [0.2, 0.25) is 0 Å². The molecule has 33 heavy (non-hydrogen) atoms. The van der Waals surface area contributed by atoms with Crippen molar-refractivity contribution in [3.8, 4) is 5.75 Å². The van der Waals surface area contributed by atoms with Gasteiger partial charge in [-0.15, -0.1) is 11.3 Å². The van der Waals surface area contributed by atoms with Gasteiger partial charge in [0.1, 0.15) is 10.8 Å². The monoisotopic (exact) mass is 463 g/mol. The van der Waals surface area contributed by atoms with Gasteiger partial charge in [-0.25, -0.2) is 0 Å². The maximum atomic E-state index is 13.0. The number of methoxy groups -OCH3 is 1. The number of hydrogen-bond acceptors (Lipinski definition) is 5. The largest absolute Gasteiger partial charge is 0.497 e. The van der Waals surface area contributed by atoms with E-state index in [1.165, 1.54) is 21.6 Å². The molecule has 1 aromatic heterocycles. The SMILES string of the molecule is CCN1CCN(C(c2ccc(OC)cc2)c2c(NC(=O)c3ccccc3)sc(C)c2C)CC1.